The molecule has 5 rings (SSSR count). The van der Waals surface area contributed by atoms with Crippen molar-refractivity contribution in [3.8, 4) is 5.75 Å². The van der Waals surface area contributed by atoms with E-state index < -0.39 is 0 Å². The van der Waals surface area contributed by atoms with Gasteiger partial charge in [0.1, 0.15) is 5.75 Å². The average molecular weight is 483 g/mol. The fourth-order valence-electron chi connectivity index (χ4n) is 4.88. The Morgan fingerprint density at radius 1 is 0.944 bits per heavy atom. The molecule has 0 spiro atoms. The Morgan fingerprint density at radius 2 is 1.61 bits per heavy atom. The van der Waals surface area contributed by atoms with Crippen LogP contribution in [-0.4, -0.2) is 47.3 Å². The van der Waals surface area contributed by atoms with Crippen LogP contribution in [0, 0.1) is 0 Å². The van der Waals surface area contributed by atoms with Crippen molar-refractivity contribution in [1.29, 1.82) is 0 Å². The van der Waals surface area contributed by atoms with Crippen LogP contribution < -0.4 is 15.6 Å². The summed E-state index contributed by atoms with van der Waals surface area (Å²) in [5.74, 6) is 0.519. The van der Waals surface area contributed by atoms with Gasteiger partial charge in [0.05, 0.1) is 25.1 Å². The van der Waals surface area contributed by atoms with E-state index in [2.05, 4.69) is 27.4 Å². The van der Waals surface area contributed by atoms with Gasteiger partial charge in [0.15, 0.2) is 5.69 Å². The lowest BCUT2D eigenvalue weighted by Gasteiger charge is -2.28. The number of amides is 1. The molecule has 1 N–H and O–H groups in total. The van der Waals surface area contributed by atoms with Crippen LogP contribution in [0.3, 0.4) is 0 Å². The molecule has 4 aromatic rings. The van der Waals surface area contributed by atoms with Crippen molar-refractivity contribution >= 4 is 16.7 Å². The predicted octanol–water partition coefficient (Wildman–Crippen LogP) is 4.02. The minimum Gasteiger partial charge on any atom is -0.497 e. The van der Waals surface area contributed by atoms with Gasteiger partial charge in [0.2, 0.25) is 0 Å². The van der Waals surface area contributed by atoms with Crippen molar-refractivity contribution < 1.29 is 9.53 Å². The van der Waals surface area contributed by atoms with Crippen molar-refractivity contribution in [3.05, 3.63) is 106 Å². The highest BCUT2D eigenvalue weighted by Crippen LogP contribution is 2.26. The monoisotopic (exact) mass is 482 g/mol. The van der Waals surface area contributed by atoms with E-state index in [9.17, 15) is 9.59 Å². The first-order valence-electron chi connectivity index (χ1n) is 12.3. The second-order valence-electron chi connectivity index (χ2n) is 9.08. The molecule has 1 saturated heterocycles. The highest BCUT2D eigenvalue weighted by atomic mass is 16.5. The van der Waals surface area contributed by atoms with E-state index in [1.807, 2.05) is 54.6 Å². The van der Waals surface area contributed by atoms with Gasteiger partial charge < -0.3 is 10.1 Å². The first-order valence-corrected chi connectivity index (χ1v) is 12.3. The van der Waals surface area contributed by atoms with Crippen molar-refractivity contribution in [3.63, 3.8) is 0 Å². The van der Waals surface area contributed by atoms with Gasteiger partial charge in [0.25, 0.3) is 11.5 Å². The number of hydrogen-bond acceptors (Lipinski definition) is 5. The predicted molar refractivity (Wildman–Crippen MR) is 140 cm³/mol. The van der Waals surface area contributed by atoms with Gasteiger partial charge in [-0.25, -0.2) is 4.68 Å². The lowest BCUT2D eigenvalue weighted by Crippen LogP contribution is -2.38. The van der Waals surface area contributed by atoms with Gasteiger partial charge >= 0.3 is 0 Å². The molecule has 184 valence electrons. The van der Waals surface area contributed by atoms with E-state index in [1.165, 1.54) is 4.68 Å². The summed E-state index contributed by atoms with van der Waals surface area (Å²) in [6.07, 6.45) is 2.30. The van der Waals surface area contributed by atoms with Crippen LogP contribution in [0.5, 0.6) is 5.75 Å². The van der Waals surface area contributed by atoms with Crippen LogP contribution >= 0.6 is 0 Å². The summed E-state index contributed by atoms with van der Waals surface area (Å²) in [6, 6.07) is 24.9. The number of ether oxygens (including phenoxy) is 1. The number of carbonyl (C=O) groups is 1. The van der Waals surface area contributed by atoms with E-state index >= 15 is 0 Å². The van der Waals surface area contributed by atoms with E-state index in [1.54, 1.807) is 19.2 Å². The number of likely N-dealkylation sites (tertiary alicyclic amines) is 1. The third-order valence-electron chi connectivity index (χ3n) is 6.80. The Labute approximate surface area is 210 Å². The number of carbonyl (C=O) groups excluding carboxylic acids is 1. The topological polar surface area (TPSA) is 76.5 Å². The van der Waals surface area contributed by atoms with Crippen molar-refractivity contribution in [2.45, 2.75) is 25.4 Å². The normalized spacial score (nSPS) is 14.6. The molecule has 0 radical (unpaired) electrons. The molecule has 2 heterocycles. The third-order valence-corrected chi connectivity index (χ3v) is 6.80. The molecule has 0 bridgehead atoms. The number of aromatic nitrogens is 2. The van der Waals surface area contributed by atoms with E-state index in [-0.39, 0.29) is 23.2 Å². The molecule has 7 nitrogen and oxygen atoms in total. The highest BCUT2D eigenvalue weighted by Gasteiger charge is 2.25. The Morgan fingerprint density at radius 3 is 2.31 bits per heavy atom. The standard InChI is InChI=1S/C29H30N4O3/c1-36-23-15-13-22(14-16-23)26(32-17-7-8-18-32)19-30-28(34)27-24-11-5-6-12-25(24)29(35)33(31-27)20-21-9-3-2-4-10-21/h2-6,9-16,26H,7-8,17-20H2,1H3,(H,30,34). The van der Waals surface area contributed by atoms with Gasteiger partial charge in [-0.1, -0.05) is 60.7 Å². The Bertz CT molecular complexity index is 1390. The molecular formula is C29H30N4O3. The Hall–Kier alpha value is -3.97. The molecular weight excluding hydrogens is 452 g/mol. The molecule has 1 aromatic heterocycles. The molecule has 36 heavy (non-hydrogen) atoms. The maximum Gasteiger partial charge on any atom is 0.274 e. The van der Waals surface area contributed by atoms with Gasteiger partial charge in [0, 0.05) is 11.9 Å². The molecule has 1 amide bonds. The van der Waals surface area contributed by atoms with E-state index in [4.69, 9.17) is 4.74 Å². The highest BCUT2D eigenvalue weighted by molar-refractivity contribution is 6.04. The molecule has 1 atom stereocenters. The number of benzene rings is 3. The first-order chi connectivity index (χ1) is 17.6. The van der Waals surface area contributed by atoms with E-state index in [0.717, 1.165) is 42.8 Å². The average Bonchev–Trinajstić information content (AvgIpc) is 3.46. The van der Waals surface area contributed by atoms with Gasteiger partial charge in [-0.2, -0.15) is 5.10 Å². The number of fused-ring (bicyclic) bond motifs is 1. The minimum absolute atomic E-state index is 0.0452. The molecule has 3 aromatic carbocycles. The second-order valence-corrected chi connectivity index (χ2v) is 9.08. The summed E-state index contributed by atoms with van der Waals surface area (Å²) >= 11 is 0. The fourth-order valence-corrected chi connectivity index (χ4v) is 4.88. The summed E-state index contributed by atoms with van der Waals surface area (Å²) in [7, 11) is 1.65. The van der Waals surface area contributed by atoms with Crippen LogP contribution in [0.4, 0.5) is 0 Å². The maximum atomic E-state index is 13.5. The lowest BCUT2D eigenvalue weighted by molar-refractivity contribution is 0.0932. The SMILES string of the molecule is COc1ccc(C(CNC(=O)c2nn(Cc3ccccc3)c(=O)c3ccccc23)N2CCCC2)cc1. The zero-order valence-corrected chi connectivity index (χ0v) is 20.4. The number of hydrogen-bond donors (Lipinski definition) is 1. The smallest absolute Gasteiger partial charge is 0.274 e. The van der Waals surface area contributed by atoms with Crippen LogP contribution in [0.25, 0.3) is 10.8 Å². The van der Waals surface area contributed by atoms with E-state index in [0.29, 0.717) is 23.9 Å². The van der Waals surface area contributed by atoms with Crippen molar-refractivity contribution in [2.24, 2.45) is 0 Å². The zero-order chi connectivity index (χ0) is 24.9. The van der Waals surface area contributed by atoms with Gasteiger partial charge in [-0.05, 0) is 55.3 Å². The molecule has 0 aliphatic carbocycles. The zero-order valence-electron chi connectivity index (χ0n) is 20.4. The summed E-state index contributed by atoms with van der Waals surface area (Å²) in [6.45, 7) is 2.73. The summed E-state index contributed by atoms with van der Waals surface area (Å²) in [5.41, 5.74) is 2.13. The van der Waals surface area contributed by atoms with Gasteiger partial charge in [-0.3, -0.25) is 14.5 Å². The third kappa shape index (κ3) is 5.02. The van der Waals surface area contributed by atoms with Crippen LogP contribution in [-0.2, 0) is 6.54 Å². The van der Waals surface area contributed by atoms with Crippen LogP contribution in [0.1, 0.15) is 40.5 Å². The fraction of sp³-hybridized carbons (Fsp3) is 0.276. The quantitative estimate of drug-likeness (QED) is 0.411. The largest absolute Gasteiger partial charge is 0.497 e. The minimum atomic E-state index is -0.286. The molecule has 0 saturated carbocycles. The second kappa shape index (κ2) is 10.7. The maximum absolute atomic E-state index is 13.5. The summed E-state index contributed by atoms with van der Waals surface area (Å²) in [4.78, 5) is 29.0. The van der Waals surface area contributed by atoms with Crippen LogP contribution in [0.2, 0.25) is 0 Å². The molecule has 1 fully saturated rings. The Kier molecular flexibility index (Phi) is 7.09. The van der Waals surface area contributed by atoms with Crippen LogP contribution in [0.15, 0.2) is 83.7 Å². The molecule has 1 aliphatic heterocycles. The Balaban J connectivity index is 1.44. The number of rotatable bonds is 8. The summed E-state index contributed by atoms with van der Waals surface area (Å²) in [5, 5.41) is 8.69. The lowest BCUT2D eigenvalue weighted by atomic mass is 10.0. The van der Waals surface area contributed by atoms with Crippen molar-refractivity contribution in [1.82, 2.24) is 20.0 Å². The van der Waals surface area contributed by atoms with Gasteiger partial charge in [-0.15, -0.1) is 0 Å². The number of nitrogens with one attached hydrogen (secondary N) is 1. The molecule has 1 aliphatic rings. The number of nitrogens with zero attached hydrogens (tertiary/aromatic N) is 3. The first kappa shape index (κ1) is 23.8. The molecule has 1 unspecified atom stereocenters. The summed E-state index contributed by atoms with van der Waals surface area (Å²) < 4.78 is 6.70. The number of methoxy groups -OCH3 is 1. The van der Waals surface area contributed by atoms with Crippen molar-refractivity contribution in [2.75, 3.05) is 26.7 Å². The molecule has 7 heteroatoms.